The maximum Gasteiger partial charge on any atom is 0.134 e. The summed E-state index contributed by atoms with van der Waals surface area (Å²) >= 11 is 0. The summed E-state index contributed by atoms with van der Waals surface area (Å²) < 4.78 is 13.8. The summed E-state index contributed by atoms with van der Waals surface area (Å²) in [5.41, 5.74) is 1.98. The SMILES string of the molecule is Cc1nc(NCCc2ccccc2F)cc(N2CCN(c3ccccc3)CC2)n1. The fraction of sp³-hybridized carbons (Fsp3) is 0.304. The van der Waals surface area contributed by atoms with Gasteiger partial charge in [0, 0.05) is 44.5 Å². The quantitative estimate of drug-likeness (QED) is 0.690. The molecule has 2 aromatic carbocycles. The number of benzene rings is 2. The van der Waals surface area contributed by atoms with Gasteiger partial charge >= 0.3 is 0 Å². The highest BCUT2D eigenvalue weighted by molar-refractivity contribution is 5.52. The Bertz CT molecular complexity index is 939. The Morgan fingerprint density at radius 3 is 2.34 bits per heavy atom. The molecule has 0 saturated carbocycles. The fourth-order valence-electron chi connectivity index (χ4n) is 3.66. The zero-order valence-electron chi connectivity index (χ0n) is 16.7. The standard InChI is InChI=1S/C23H26FN5/c1-18-26-22(25-12-11-19-7-5-6-10-21(19)24)17-23(27-18)29-15-13-28(14-16-29)20-8-3-2-4-9-20/h2-10,17H,11-16H2,1H3,(H,25,26,27). The van der Waals surface area contributed by atoms with Crippen LogP contribution >= 0.6 is 0 Å². The third kappa shape index (κ3) is 4.83. The number of hydrogen-bond acceptors (Lipinski definition) is 5. The lowest BCUT2D eigenvalue weighted by Gasteiger charge is -2.36. The Hall–Kier alpha value is -3.15. The number of anilines is 3. The molecule has 5 nitrogen and oxygen atoms in total. The van der Waals surface area contributed by atoms with Crippen molar-refractivity contribution >= 4 is 17.3 Å². The molecule has 6 heteroatoms. The maximum atomic E-state index is 13.8. The lowest BCUT2D eigenvalue weighted by Crippen LogP contribution is -2.46. The molecule has 0 bridgehead atoms. The summed E-state index contributed by atoms with van der Waals surface area (Å²) in [5.74, 6) is 2.31. The minimum atomic E-state index is -0.162. The molecule has 2 heterocycles. The van der Waals surface area contributed by atoms with E-state index in [-0.39, 0.29) is 5.82 Å². The van der Waals surface area contributed by atoms with E-state index in [1.807, 2.05) is 31.2 Å². The Kier molecular flexibility index (Phi) is 5.89. The van der Waals surface area contributed by atoms with E-state index < -0.39 is 0 Å². The second-order valence-electron chi connectivity index (χ2n) is 7.24. The number of aromatic nitrogens is 2. The lowest BCUT2D eigenvalue weighted by molar-refractivity contribution is 0.610. The average molecular weight is 391 g/mol. The minimum Gasteiger partial charge on any atom is -0.370 e. The molecule has 0 amide bonds. The Morgan fingerprint density at radius 2 is 1.59 bits per heavy atom. The van der Waals surface area contributed by atoms with Crippen LogP contribution in [0.15, 0.2) is 60.7 Å². The molecular weight excluding hydrogens is 365 g/mol. The molecule has 1 aromatic heterocycles. The second-order valence-corrected chi connectivity index (χ2v) is 7.24. The molecule has 0 atom stereocenters. The number of nitrogens with zero attached hydrogens (tertiary/aromatic N) is 4. The number of piperazine rings is 1. The highest BCUT2D eigenvalue weighted by Gasteiger charge is 2.19. The van der Waals surface area contributed by atoms with Gasteiger partial charge in [-0.3, -0.25) is 0 Å². The van der Waals surface area contributed by atoms with E-state index in [4.69, 9.17) is 0 Å². The van der Waals surface area contributed by atoms with E-state index in [2.05, 4.69) is 49.4 Å². The molecule has 0 aliphatic carbocycles. The first-order chi connectivity index (χ1) is 14.2. The molecule has 150 valence electrons. The van der Waals surface area contributed by atoms with Crippen LogP contribution in [0, 0.1) is 12.7 Å². The number of aryl methyl sites for hydroxylation is 1. The van der Waals surface area contributed by atoms with E-state index in [1.165, 1.54) is 11.8 Å². The highest BCUT2D eigenvalue weighted by Crippen LogP contribution is 2.21. The van der Waals surface area contributed by atoms with Crippen molar-refractivity contribution in [2.45, 2.75) is 13.3 Å². The van der Waals surface area contributed by atoms with Crippen LogP contribution in [0.3, 0.4) is 0 Å². The smallest absolute Gasteiger partial charge is 0.134 e. The van der Waals surface area contributed by atoms with Crippen LogP contribution in [0.2, 0.25) is 0 Å². The van der Waals surface area contributed by atoms with Gasteiger partial charge in [0.2, 0.25) is 0 Å². The molecular formula is C23H26FN5. The van der Waals surface area contributed by atoms with Crippen molar-refractivity contribution in [3.63, 3.8) is 0 Å². The predicted octanol–water partition coefficient (Wildman–Crippen LogP) is 3.91. The molecule has 1 aliphatic heterocycles. The summed E-state index contributed by atoms with van der Waals surface area (Å²) in [4.78, 5) is 13.8. The van der Waals surface area contributed by atoms with Crippen molar-refractivity contribution in [2.75, 3.05) is 47.8 Å². The molecule has 1 saturated heterocycles. The fourth-order valence-corrected chi connectivity index (χ4v) is 3.66. The zero-order valence-corrected chi connectivity index (χ0v) is 16.7. The van der Waals surface area contributed by atoms with Crippen LogP contribution < -0.4 is 15.1 Å². The van der Waals surface area contributed by atoms with Crippen LogP contribution in [-0.4, -0.2) is 42.7 Å². The summed E-state index contributed by atoms with van der Waals surface area (Å²) in [5, 5.41) is 3.32. The van der Waals surface area contributed by atoms with E-state index >= 15 is 0 Å². The van der Waals surface area contributed by atoms with Crippen molar-refractivity contribution in [2.24, 2.45) is 0 Å². The molecule has 1 fully saturated rings. The number of para-hydroxylation sites is 1. The average Bonchev–Trinajstić information content (AvgIpc) is 2.75. The Balaban J connectivity index is 1.36. The van der Waals surface area contributed by atoms with Crippen molar-refractivity contribution in [3.05, 3.63) is 77.9 Å². The van der Waals surface area contributed by atoms with Crippen LogP contribution in [0.25, 0.3) is 0 Å². The van der Waals surface area contributed by atoms with Gasteiger partial charge in [-0.2, -0.15) is 0 Å². The number of rotatable bonds is 6. The number of nitrogens with one attached hydrogen (secondary N) is 1. The van der Waals surface area contributed by atoms with Gasteiger partial charge in [0.25, 0.3) is 0 Å². The van der Waals surface area contributed by atoms with Crippen LogP contribution in [0.4, 0.5) is 21.7 Å². The van der Waals surface area contributed by atoms with Crippen molar-refractivity contribution < 1.29 is 4.39 Å². The minimum absolute atomic E-state index is 0.162. The van der Waals surface area contributed by atoms with Gasteiger partial charge in [-0.15, -0.1) is 0 Å². The molecule has 0 radical (unpaired) electrons. The Labute approximate surface area is 171 Å². The van der Waals surface area contributed by atoms with Gasteiger partial charge in [0.05, 0.1) is 0 Å². The monoisotopic (exact) mass is 391 g/mol. The zero-order chi connectivity index (χ0) is 20.1. The van der Waals surface area contributed by atoms with Crippen molar-refractivity contribution in [1.29, 1.82) is 0 Å². The van der Waals surface area contributed by atoms with Gasteiger partial charge in [-0.25, -0.2) is 14.4 Å². The van der Waals surface area contributed by atoms with E-state index in [9.17, 15) is 4.39 Å². The third-order valence-corrected chi connectivity index (χ3v) is 5.21. The number of halogens is 1. The lowest BCUT2D eigenvalue weighted by atomic mass is 10.1. The topological polar surface area (TPSA) is 44.3 Å². The van der Waals surface area contributed by atoms with Gasteiger partial charge in [-0.1, -0.05) is 36.4 Å². The van der Waals surface area contributed by atoms with Gasteiger partial charge < -0.3 is 15.1 Å². The summed E-state index contributed by atoms with van der Waals surface area (Å²) in [7, 11) is 0. The molecule has 1 aliphatic rings. The van der Waals surface area contributed by atoms with Crippen LogP contribution in [0.5, 0.6) is 0 Å². The first kappa shape index (κ1) is 19.2. The maximum absolute atomic E-state index is 13.8. The van der Waals surface area contributed by atoms with Gasteiger partial charge in [-0.05, 0) is 37.1 Å². The molecule has 0 spiro atoms. The first-order valence-electron chi connectivity index (χ1n) is 10.1. The van der Waals surface area contributed by atoms with Gasteiger partial charge in [0.1, 0.15) is 23.3 Å². The summed E-state index contributed by atoms with van der Waals surface area (Å²) in [6.45, 7) is 6.29. The number of hydrogen-bond donors (Lipinski definition) is 1. The van der Waals surface area contributed by atoms with Gasteiger partial charge in [0.15, 0.2) is 0 Å². The molecule has 1 N–H and O–H groups in total. The first-order valence-corrected chi connectivity index (χ1v) is 10.1. The summed E-state index contributed by atoms with van der Waals surface area (Å²) in [6, 6.07) is 19.4. The van der Waals surface area contributed by atoms with Crippen molar-refractivity contribution in [3.8, 4) is 0 Å². The summed E-state index contributed by atoms with van der Waals surface area (Å²) in [6.07, 6.45) is 0.612. The molecule has 4 rings (SSSR count). The van der Waals surface area contributed by atoms with Crippen molar-refractivity contribution in [1.82, 2.24) is 9.97 Å². The second kappa shape index (κ2) is 8.90. The molecule has 0 unspecified atom stereocenters. The Morgan fingerprint density at radius 1 is 0.897 bits per heavy atom. The third-order valence-electron chi connectivity index (χ3n) is 5.21. The van der Waals surface area contributed by atoms with Crippen LogP contribution in [0.1, 0.15) is 11.4 Å². The normalized spacial score (nSPS) is 14.1. The van der Waals surface area contributed by atoms with E-state index in [0.717, 1.165) is 43.6 Å². The highest BCUT2D eigenvalue weighted by atomic mass is 19.1. The van der Waals surface area contributed by atoms with E-state index in [1.54, 1.807) is 6.07 Å². The largest absolute Gasteiger partial charge is 0.370 e. The van der Waals surface area contributed by atoms with Crippen LogP contribution in [-0.2, 0) is 6.42 Å². The predicted molar refractivity (Wildman–Crippen MR) is 116 cm³/mol. The molecule has 3 aromatic rings. The molecule has 29 heavy (non-hydrogen) atoms. The van der Waals surface area contributed by atoms with E-state index in [0.29, 0.717) is 18.5 Å².